The summed E-state index contributed by atoms with van der Waals surface area (Å²) in [5.74, 6) is -2.07. The number of hydrogen-bond acceptors (Lipinski definition) is 6. The van der Waals surface area contributed by atoms with Gasteiger partial charge in [0.05, 0.1) is 29.0 Å². The molecule has 1 aliphatic rings. The lowest BCUT2D eigenvalue weighted by Gasteiger charge is -2.11. The van der Waals surface area contributed by atoms with E-state index in [4.69, 9.17) is 0 Å². The summed E-state index contributed by atoms with van der Waals surface area (Å²) in [7, 11) is -3.65. The highest BCUT2D eigenvalue weighted by molar-refractivity contribution is 14.1. The van der Waals surface area contributed by atoms with Gasteiger partial charge in [-0.3, -0.25) is 9.59 Å². The Morgan fingerprint density at radius 3 is 2.56 bits per heavy atom. The Balaban J connectivity index is 2.95. The van der Waals surface area contributed by atoms with Gasteiger partial charge >= 0.3 is 3.98 Å². The van der Waals surface area contributed by atoms with Gasteiger partial charge in [-0.15, -0.1) is 5.06 Å². The molecule has 0 aromatic heterocycles. The molecule has 0 radical (unpaired) electrons. The van der Waals surface area contributed by atoms with Gasteiger partial charge in [0.2, 0.25) is 0 Å². The van der Waals surface area contributed by atoms with Gasteiger partial charge in [-0.1, -0.05) is 6.92 Å². The number of hydroxylamine groups is 2. The summed E-state index contributed by atoms with van der Waals surface area (Å²) in [5, 5.41) is -1.21. The molecule has 9 heteroatoms. The lowest BCUT2D eigenvalue weighted by atomic mass is 10.4. The molecular weight excluding hydrogens is 353 g/mol. The van der Waals surface area contributed by atoms with Gasteiger partial charge in [0.25, 0.3) is 11.8 Å². The van der Waals surface area contributed by atoms with Crippen molar-refractivity contribution < 1.29 is 27.6 Å². The van der Waals surface area contributed by atoms with Crippen LogP contribution in [0.1, 0.15) is 13.3 Å². The molecular formula is C7H8INO6S. The number of imide groups is 1. The molecule has 16 heavy (non-hydrogen) atoms. The molecule has 1 unspecified atom stereocenters. The smallest absolute Gasteiger partial charge is 0.320 e. The third kappa shape index (κ3) is 2.51. The minimum atomic E-state index is -3.65. The topological polar surface area (TPSA) is 97.8 Å². The second kappa shape index (κ2) is 4.65. The van der Waals surface area contributed by atoms with Crippen LogP contribution in [0.15, 0.2) is 0 Å². The molecule has 0 aromatic rings. The van der Waals surface area contributed by atoms with Gasteiger partial charge in [-0.05, 0) is 0 Å². The predicted octanol–water partition coefficient (Wildman–Crippen LogP) is 0.0352. The van der Waals surface area contributed by atoms with Crippen LogP contribution in [-0.4, -0.2) is 40.3 Å². The quantitative estimate of drug-likeness (QED) is 0.400. The highest BCUT2D eigenvalue weighted by Gasteiger charge is 2.47. The van der Waals surface area contributed by atoms with Crippen LogP contribution in [0.3, 0.4) is 0 Å². The largest absolute Gasteiger partial charge is 0.391 e. The average molecular weight is 361 g/mol. The summed E-state index contributed by atoms with van der Waals surface area (Å²) in [6, 6.07) is 0. The first-order valence-electron chi connectivity index (χ1n) is 4.25. The minimum absolute atomic E-state index is 0.215. The van der Waals surface area contributed by atoms with E-state index >= 15 is 0 Å². The first kappa shape index (κ1) is 13.4. The number of hydrogen-bond donors (Lipinski definition) is 0. The summed E-state index contributed by atoms with van der Waals surface area (Å²) in [4.78, 5) is 37.7. The summed E-state index contributed by atoms with van der Waals surface area (Å²) in [5.41, 5.74) is 0. The molecule has 0 aromatic carbocycles. The normalized spacial score (nSPS) is 21.4. The minimum Gasteiger partial charge on any atom is -0.320 e. The van der Waals surface area contributed by atoms with E-state index in [9.17, 15) is 22.8 Å². The Morgan fingerprint density at radius 2 is 2.12 bits per heavy atom. The number of rotatable bonds is 3. The summed E-state index contributed by atoms with van der Waals surface area (Å²) in [6.45, 7) is 1.38. The van der Waals surface area contributed by atoms with Crippen LogP contribution in [0.5, 0.6) is 0 Å². The highest BCUT2D eigenvalue weighted by Crippen LogP contribution is 2.21. The molecule has 1 aliphatic heterocycles. The first-order chi connectivity index (χ1) is 7.29. The molecule has 1 heterocycles. The fourth-order valence-corrected chi connectivity index (χ4v) is 2.63. The summed E-state index contributed by atoms with van der Waals surface area (Å²) >= 11 is 1.23. The van der Waals surface area contributed by atoms with Crippen molar-refractivity contribution in [2.45, 2.75) is 18.6 Å². The van der Waals surface area contributed by atoms with Gasteiger partial charge < -0.3 is 4.84 Å². The van der Waals surface area contributed by atoms with E-state index in [1.807, 2.05) is 0 Å². The van der Waals surface area contributed by atoms with E-state index in [1.165, 1.54) is 29.5 Å². The van der Waals surface area contributed by atoms with Crippen molar-refractivity contribution in [1.29, 1.82) is 0 Å². The maximum absolute atomic E-state index is 11.5. The van der Waals surface area contributed by atoms with Gasteiger partial charge in [0.1, 0.15) is 0 Å². The summed E-state index contributed by atoms with van der Waals surface area (Å²) < 4.78 is 22.0. The van der Waals surface area contributed by atoms with Crippen molar-refractivity contribution >= 4 is 48.2 Å². The number of carbonyl (C=O) groups excluding carboxylic acids is 3. The lowest BCUT2D eigenvalue weighted by molar-refractivity contribution is -0.168. The predicted molar refractivity (Wildman–Crippen MR) is 60.2 cm³/mol. The van der Waals surface area contributed by atoms with Crippen LogP contribution in [0.25, 0.3) is 0 Å². The monoisotopic (exact) mass is 361 g/mol. The van der Waals surface area contributed by atoms with Crippen molar-refractivity contribution in [2.24, 2.45) is 0 Å². The molecule has 7 nitrogen and oxygen atoms in total. The fraction of sp³-hybridized carbons (Fsp3) is 0.571. The van der Waals surface area contributed by atoms with Crippen molar-refractivity contribution in [2.75, 3.05) is 5.75 Å². The van der Waals surface area contributed by atoms with Crippen molar-refractivity contribution in [1.82, 2.24) is 5.06 Å². The molecule has 0 aliphatic carbocycles. The van der Waals surface area contributed by atoms with Crippen LogP contribution in [0.4, 0.5) is 4.79 Å². The molecule has 2 amide bonds. The fourth-order valence-electron chi connectivity index (χ4n) is 1.23. The number of sulfone groups is 1. The maximum Gasteiger partial charge on any atom is 0.391 e. The van der Waals surface area contributed by atoms with Crippen molar-refractivity contribution in [3.05, 3.63) is 0 Å². The molecule has 1 fully saturated rings. The van der Waals surface area contributed by atoms with Gasteiger partial charge in [-0.2, -0.15) is 0 Å². The van der Waals surface area contributed by atoms with E-state index < -0.39 is 37.3 Å². The molecule has 0 bridgehead atoms. The average Bonchev–Trinajstić information content (AvgIpc) is 2.46. The second-order valence-corrected chi connectivity index (χ2v) is 6.35. The number of amides is 2. The van der Waals surface area contributed by atoms with E-state index in [2.05, 4.69) is 4.84 Å². The van der Waals surface area contributed by atoms with E-state index in [0.717, 1.165) is 0 Å². The highest BCUT2D eigenvalue weighted by atomic mass is 127. The Labute approximate surface area is 105 Å². The Bertz CT molecular complexity index is 444. The molecule has 1 atom stereocenters. The van der Waals surface area contributed by atoms with Crippen LogP contribution in [0.2, 0.25) is 0 Å². The zero-order valence-electron chi connectivity index (χ0n) is 8.17. The number of carbonyl (C=O) groups is 3. The summed E-state index contributed by atoms with van der Waals surface area (Å²) in [6.07, 6.45) is -0.473. The van der Waals surface area contributed by atoms with Gasteiger partial charge in [0.15, 0.2) is 15.1 Å². The standard InChI is InChI=1S/C7H8INO6S/c1-2-16(13,14)4-3-5(10)9(6(4)11)15-7(8)12/h4H,2-3H2,1H3. The number of halogens is 1. The van der Waals surface area contributed by atoms with E-state index in [-0.39, 0.29) is 10.8 Å². The molecule has 0 N–H and O–H groups in total. The third-order valence-corrected chi connectivity index (χ3v) is 4.30. The Morgan fingerprint density at radius 1 is 1.56 bits per heavy atom. The number of nitrogens with zero attached hydrogens (tertiary/aromatic N) is 1. The van der Waals surface area contributed by atoms with Crippen molar-refractivity contribution in [3.63, 3.8) is 0 Å². The molecule has 1 saturated heterocycles. The molecule has 0 saturated carbocycles. The molecule has 90 valence electrons. The second-order valence-electron chi connectivity index (χ2n) is 3.00. The van der Waals surface area contributed by atoms with Gasteiger partial charge in [0, 0.05) is 5.75 Å². The lowest BCUT2D eigenvalue weighted by Crippen LogP contribution is -2.36. The van der Waals surface area contributed by atoms with Crippen LogP contribution < -0.4 is 0 Å². The van der Waals surface area contributed by atoms with E-state index in [0.29, 0.717) is 0 Å². The first-order valence-corrected chi connectivity index (χ1v) is 7.04. The van der Waals surface area contributed by atoms with Gasteiger partial charge in [-0.25, -0.2) is 13.2 Å². The van der Waals surface area contributed by atoms with Crippen molar-refractivity contribution in [3.8, 4) is 0 Å². The maximum atomic E-state index is 11.5. The van der Waals surface area contributed by atoms with E-state index in [1.54, 1.807) is 0 Å². The molecule has 0 spiro atoms. The SMILES string of the molecule is CCS(=O)(=O)C1CC(=O)N(OC(=O)I)C1=O. The van der Waals surface area contributed by atoms with Crippen LogP contribution in [0, 0.1) is 0 Å². The third-order valence-electron chi connectivity index (χ3n) is 2.06. The Hall–Kier alpha value is -0.710. The molecule has 1 rings (SSSR count). The zero-order valence-corrected chi connectivity index (χ0v) is 11.1. The van der Waals surface area contributed by atoms with Crippen LogP contribution >= 0.6 is 22.6 Å². The Kier molecular flexibility index (Phi) is 3.88. The van der Waals surface area contributed by atoms with Crippen LogP contribution in [-0.2, 0) is 24.3 Å². The zero-order chi connectivity index (χ0) is 12.5.